The summed E-state index contributed by atoms with van der Waals surface area (Å²) in [6.07, 6.45) is 5.70. The molecule has 1 aliphatic carbocycles. The van der Waals surface area contributed by atoms with E-state index in [4.69, 9.17) is 9.47 Å². The number of halogens is 2. The van der Waals surface area contributed by atoms with Gasteiger partial charge in [0.2, 0.25) is 5.91 Å². The zero-order valence-corrected chi connectivity index (χ0v) is 24.8. The van der Waals surface area contributed by atoms with E-state index in [-0.39, 0.29) is 24.0 Å². The summed E-state index contributed by atoms with van der Waals surface area (Å²) >= 11 is 0. The zero-order chi connectivity index (χ0) is 31.7. The Morgan fingerprint density at radius 1 is 1.02 bits per heavy atom. The van der Waals surface area contributed by atoms with Crippen LogP contribution in [0.3, 0.4) is 0 Å². The summed E-state index contributed by atoms with van der Waals surface area (Å²) < 4.78 is 37.6. The Morgan fingerprint density at radius 3 is 2.51 bits per heavy atom. The molecule has 3 heterocycles. The van der Waals surface area contributed by atoms with Crippen LogP contribution >= 0.6 is 0 Å². The predicted octanol–water partition coefficient (Wildman–Crippen LogP) is 3.94. The molecule has 4 aromatic rings. The van der Waals surface area contributed by atoms with Gasteiger partial charge in [-0.25, -0.2) is 9.78 Å². The number of rotatable bonds is 9. The summed E-state index contributed by atoms with van der Waals surface area (Å²) in [5, 5.41) is 3.12. The molecule has 2 fully saturated rings. The molecule has 0 atom stereocenters. The van der Waals surface area contributed by atoms with Crippen molar-refractivity contribution in [2.45, 2.75) is 31.9 Å². The monoisotopic (exact) mass is 618 g/mol. The van der Waals surface area contributed by atoms with Crippen LogP contribution in [0.4, 0.5) is 14.5 Å². The highest BCUT2D eigenvalue weighted by Crippen LogP contribution is 2.44. The molecule has 2 aromatic carbocycles. The number of anilines is 1. The van der Waals surface area contributed by atoms with Crippen molar-refractivity contribution in [3.05, 3.63) is 77.1 Å². The molecule has 2 aromatic heterocycles. The highest BCUT2D eigenvalue weighted by atomic mass is 19.3. The van der Waals surface area contributed by atoms with Gasteiger partial charge < -0.3 is 19.7 Å². The van der Waals surface area contributed by atoms with Gasteiger partial charge in [-0.05, 0) is 68.8 Å². The number of piperazine rings is 1. The van der Waals surface area contributed by atoms with E-state index < -0.39 is 23.7 Å². The second-order valence-corrected chi connectivity index (χ2v) is 11.2. The Kier molecular flexibility index (Phi) is 8.30. The number of aromatic nitrogens is 3. The number of esters is 1. The molecule has 0 radical (unpaired) electrons. The maximum atomic E-state index is 13.6. The third-order valence-electron chi connectivity index (χ3n) is 8.30. The molecule has 45 heavy (non-hydrogen) atoms. The van der Waals surface area contributed by atoms with E-state index in [9.17, 15) is 23.2 Å². The van der Waals surface area contributed by atoms with Crippen molar-refractivity contribution in [3.8, 4) is 22.6 Å². The second-order valence-electron chi connectivity index (χ2n) is 11.2. The average molecular weight is 619 g/mol. The number of carbonyl (C=O) groups is 2. The number of nitrogens with zero attached hydrogens (tertiary/aromatic N) is 5. The zero-order valence-electron chi connectivity index (χ0n) is 24.8. The SMILES string of the molecule is CCOC(=O)c1cncc(-c2ccc3c(=O)n(-c4ccc(OC(F)F)c(NC(=O)C5(N6CCN(C)CC6)CC5)c4)cnc3c2)c1. The van der Waals surface area contributed by atoms with Gasteiger partial charge in [0.25, 0.3) is 5.56 Å². The van der Waals surface area contributed by atoms with Crippen LogP contribution in [0.2, 0.25) is 0 Å². The highest BCUT2D eigenvalue weighted by Gasteiger charge is 2.54. The van der Waals surface area contributed by atoms with Gasteiger partial charge >= 0.3 is 12.6 Å². The average Bonchev–Trinajstić information content (AvgIpc) is 3.85. The second kappa shape index (κ2) is 12.3. The molecule has 2 aliphatic rings. The summed E-state index contributed by atoms with van der Waals surface area (Å²) in [5.41, 5.74) is 1.30. The number of alkyl halides is 2. The number of hydrogen-bond acceptors (Lipinski definition) is 9. The maximum Gasteiger partial charge on any atom is 0.387 e. The number of nitrogens with one attached hydrogen (secondary N) is 1. The Balaban J connectivity index is 1.30. The third kappa shape index (κ3) is 6.13. The minimum atomic E-state index is -3.11. The number of likely N-dealkylation sites (N-methyl/N-ethyl adjacent to an activating group) is 1. The number of amides is 1. The summed E-state index contributed by atoms with van der Waals surface area (Å²) in [5.74, 6) is -0.983. The molecule has 1 amide bonds. The summed E-state index contributed by atoms with van der Waals surface area (Å²) in [7, 11) is 2.03. The molecule has 0 spiro atoms. The molecule has 6 rings (SSSR count). The molecule has 11 nitrogen and oxygen atoms in total. The Morgan fingerprint density at radius 2 is 1.80 bits per heavy atom. The van der Waals surface area contributed by atoms with Crippen LogP contribution in [0.5, 0.6) is 5.75 Å². The van der Waals surface area contributed by atoms with E-state index in [0.29, 0.717) is 46.1 Å². The van der Waals surface area contributed by atoms with Gasteiger partial charge in [0, 0.05) is 44.1 Å². The fourth-order valence-electron chi connectivity index (χ4n) is 5.65. The first-order chi connectivity index (χ1) is 21.7. The predicted molar refractivity (Wildman–Crippen MR) is 163 cm³/mol. The number of hydrogen-bond donors (Lipinski definition) is 1. The van der Waals surface area contributed by atoms with E-state index in [1.165, 1.54) is 35.3 Å². The molecular weight excluding hydrogens is 586 g/mol. The van der Waals surface area contributed by atoms with Crippen LogP contribution in [-0.2, 0) is 9.53 Å². The molecule has 0 bridgehead atoms. The molecule has 1 saturated heterocycles. The van der Waals surface area contributed by atoms with Gasteiger partial charge in [-0.15, -0.1) is 0 Å². The van der Waals surface area contributed by atoms with Crippen LogP contribution in [0.25, 0.3) is 27.7 Å². The molecule has 13 heteroatoms. The van der Waals surface area contributed by atoms with Gasteiger partial charge in [0.15, 0.2) is 0 Å². The van der Waals surface area contributed by atoms with Crippen LogP contribution in [0, 0.1) is 0 Å². The van der Waals surface area contributed by atoms with E-state index >= 15 is 0 Å². The molecule has 1 N–H and O–H groups in total. The van der Waals surface area contributed by atoms with E-state index in [1.807, 2.05) is 7.05 Å². The van der Waals surface area contributed by atoms with Gasteiger partial charge in [0.05, 0.1) is 34.4 Å². The van der Waals surface area contributed by atoms with E-state index in [0.717, 1.165) is 26.2 Å². The topological polar surface area (TPSA) is 119 Å². The van der Waals surface area contributed by atoms with Crippen LogP contribution < -0.4 is 15.6 Å². The van der Waals surface area contributed by atoms with Crippen molar-refractivity contribution in [1.82, 2.24) is 24.3 Å². The Labute approximate surface area is 257 Å². The fraction of sp³-hybridized carbons (Fsp3) is 0.344. The number of fused-ring (bicyclic) bond motifs is 1. The first-order valence-corrected chi connectivity index (χ1v) is 14.7. The minimum absolute atomic E-state index is 0.0366. The summed E-state index contributed by atoms with van der Waals surface area (Å²) in [6.45, 7) is 1.99. The number of pyridine rings is 1. The standard InChI is InChI=1S/C32H32F2N6O5/c1-3-44-29(42)22-14-21(17-35-18-22)20-4-6-24-25(15-20)36-19-40(28(24)41)23-5-7-27(45-31(33)34)26(16-23)37-30(43)32(8-9-32)39-12-10-38(2)11-13-39/h4-7,14-19,31H,3,8-13H2,1-2H3,(H,37,43). The summed E-state index contributed by atoms with van der Waals surface area (Å²) in [4.78, 5) is 52.2. The number of ether oxygens (including phenoxy) is 2. The molecular formula is C32H32F2N6O5. The van der Waals surface area contributed by atoms with Crippen molar-refractivity contribution < 1.29 is 27.8 Å². The Bertz CT molecular complexity index is 1820. The van der Waals surface area contributed by atoms with Gasteiger partial charge in [0.1, 0.15) is 17.6 Å². The van der Waals surface area contributed by atoms with Crippen molar-refractivity contribution in [1.29, 1.82) is 0 Å². The molecule has 0 unspecified atom stereocenters. The first-order valence-electron chi connectivity index (χ1n) is 14.7. The first kappa shape index (κ1) is 30.3. The summed E-state index contributed by atoms with van der Waals surface area (Å²) in [6, 6.07) is 10.9. The molecule has 1 saturated carbocycles. The smallest absolute Gasteiger partial charge is 0.387 e. The van der Waals surface area contributed by atoms with Crippen LogP contribution in [-0.4, -0.2) is 88.2 Å². The fourth-order valence-corrected chi connectivity index (χ4v) is 5.65. The largest absolute Gasteiger partial charge is 0.462 e. The lowest BCUT2D eigenvalue weighted by Crippen LogP contribution is -2.54. The highest BCUT2D eigenvalue weighted by molar-refractivity contribution is 6.01. The van der Waals surface area contributed by atoms with Crippen molar-refractivity contribution in [2.75, 3.05) is 45.2 Å². The van der Waals surface area contributed by atoms with Crippen molar-refractivity contribution >= 4 is 28.5 Å². The third-order valence-corrected chi connectivity index (χ3v) is 8.30. The van der Waals surface area contributed by atoms with Crippen molar-refractivity contribution in [2.24, 2.45) is 0 Å². The lowest BCUT2D eigenvalue weighted by molar-refractivity contribution is -0.123. The lowest BCUT2D eigenvalue weighted by atomic mass is 10.0. The van der Waals surface area contributed by atoms with Crippen molar-refractivity contribution in [3.63, 3.8) is 0 Å². The van der Waals surface area contributed by atoms with Crippen LogP contribution in [0.1, 0.15) is 30.1 Å². The molecule has 234 valence electrons. The normalized spacial score (nSPS) is 16.5. The maximum absolute atomic E-state index is 13.6. The Hall–Kier alpha value is -4.75. The number of carbonyl (C=O) groups excluding carboxylic acids is 2. The molecule has 1 aliphatic heterocycles. The quantitative estimate of drug-likeness (QED) is 0.278. The van der Waals surface area contributed by atoms with Gasteiger partial charge in [-0.2, -0.15) is 8.78 Å². The van der Waals surface area contributed by atoms with Gasteiger partial charge in [-0.1, -0.05) is 6.07 Å². The minimum Gasteiger partial charge on any atom is -0.462 e. The number of benzene rings is 2. The van der Waals surface area contributed by atoms with Crippen LogP contribution in [0.15, 0.2) is 66.0 Å². The van der Waals surface area contributed by atoms with E-state index in [2.05, 4.69) is 25.1 Å². The van der Waals surface area contributed by atoms with E-state index in [1.54, 1.807) is 37.4 Å². The van der Waals surface area contributed by atoms with Gasteiger partial charge in [-0.3, -0.25) is 24.0 Å². The lowest BCUT2D eigenvalue weighted by Gasteiger charge is -2.37.